The van der Waals surface area contributed by atoms with Gasteiger partial charge in [-0.1, -0.05) is 12.1 Å². The highest BCUT2D eigenvalue weighted by molar-refractivity contribution is 5.76. The SMILES string of the molecule is Cc1cccc(OCCNC(=O)CC2CCCNC2)c1. The molecular formula is C16H24N2O2. The number of nitrogens with one attached hydrogen (secondary N) is 2. The van der Waals surface area contributed by atoms with Crippen LogP contribution < -0.4 is 15.4 Å². The molecule has 0 aliphatic carbocycles. The summed E-state index contributed by atoms with van der Waals surface area (Å²) >= 11 is 0. The lowest BCUT2D eigenvalue weighted by Crippen LogP contribution is -2.35. The predicted octanol–water partition coefficient (Wildman–Crippen LogP) is 1.88. The van der Waals surface area contributed by atoms with Crippen molar-refractivity contribution in [1.82, 2.24) is 10.6 Å². The minimum absolute atomic E-state index is 0.131. The second kappa shape index (κ2) is 7.90. The lowest BCUT2D eigenvalue weighted by atomic mass is 9.96. The van der Waals surface area contributed by atoms with Gasteiger partial charge in [-0.25, -0.2) is 0 Å². The predicted molar refractivity (Wildman–Crippen MR) is 79.9 cm³/mol. The van der Waals surface area contributed by atoms with Gasteiger partial charge in [-0.05, 0) is 56.5 Å². The van der Waals surface area contributed by atoms with E-state index in [0.717, 1.165) is 25.3 Å². The number of rotatable bonds is 6. The minimum atomic E-state index is 0.131. The van der Waals surface area contributed by atoms with Gasteiger partial charge in [-0.15, -0.1) is 0 Å². The van der Waals surface area contributed by atoms with E-state index in [4.69, 9.17) is 4.74 Å². The van der Waals surface area contributed by atoms with Gasteiger partial charge < -0.3 is 15.4 Å². The highest BCUT2D eigenvalue weighted by atomic mass is 16.5. The number of benzene rings is 1. The fourth-order valence-corrected chi connectivity index (χ4v) is 2.50. The fraction of sp³-hybridized carbons (Fsp3) is 0.562. The molecule has 1 aliphatic rings. The Bertz CT molecular complexity index is 428. The lowest BCUT2D eigenvalue weighted by Gasteiger charge is -2.22. The average molecular weight is 276 g/mol. The average Bonchev–Trinajstić information content (AvgIpc) is 2.45. The minimum Gasteiger partial charge on any atom is -0.492 e. The first kappa shape index (κ1) is 14.9. The molecule has 1 unspecified atom stereocenters. The number of carbonyl (C=O) groups excluding carboxylic acids is 1. The third-order valence-electron chi connectivity index (χ3n) is 3.56. The first-order chi connectivity index (χ1) is 9.74. The first-order valence-corrected chi connectivity index (χ1v) is 7.41. The molecule has 1 atom stereocenters. The van der Waals surface area contributed by atoms with Crippen LogP contribution in [0.5, 0.6) is 5.75 Å². The number of hydrogen-bond donors (Lipinski definition) is 2. The van der Waals surface area contributed by atoms with E-state index in [9.17, 15) is 4.79 Å². The van der Waals surface area contributed by atoms with Crippen molar-refractivity contribution in [2.45, 2.75) is 26.2 Å². The van der Waals surface area contributed by atoms with E-state index in [1.807, 2.05) is 31.2 Å². The second-order valence-electron chi connectivity index (χ2n) is 5.43. The zero-order valence-electron chi connectivity index (χ0n) is 12.2. The van der Waals surface area contributed by atoms with Gasteiger partial charge in [0.25, 0.3) is 0 Å². The standard InChI is InChI=1S/C16H24N2O2/c1-13-4-2-6-15(10-13)20-9-8-18-16(19)11-14-5-3-7-17-12-14/h2,4,6,10,14,17H,3,5,7-9,11-12H2,1H3,(H,18,19). The van der Waals surface area contributed by atoms with Gasteiger partial charge in [0, 0.05) is 6.42 Å². The molecule has 0 radical (unpaired) electrons. The topological polar surface area (TPSA) is 50.4 Å². The summed E-state index contributed by atoms with van der Waals surface area (Å²) in [6, 6.07) is 7.93. The van der Waals surface area contributed by atoms with Crippen molar-refractivity contribution < 1.29 is 9.53 Å². The molecule has 1 heterocycles. The third-order valence-corrected chi connectivity index (χ3v) is 3.56. The Morgan fingerprint density at radius 2 is 2.40 bits per heavy atom. The van der Waals surface area contributed by atoms with Crippen LogP contribution >= 0.6 is 0 Å². The van der Waals surface area contributed by atoms with Crippen molar-refractivity contribution in [1.29, 1.82) is 0 Å². The molecule has 4 nitrogen and oxygen atoms in total. The van der Waals surface area contributed by atoms with Gasteiger partial charge in [0.1, 0.15) is 12.4 Å². The van der Waals surface area contributed by atoms with Gasteiger partial charge in [-0.3, -0.25) is 4.79 Å². The highest BCUT2D eigenvalue weighted by Gasteiger charge is 2.16. The summed E-state index contributed by atoms with van der Waals surface area (Å²) in [4.78, 5) is 11.8. The van der Waals surface area contributed by atoms with Gasteiger partial charge in [0.15, 0.2) is 0 Å². The molecule has 0 bridgehead atoms. The molecule has 0 saturated carbocycles. The lowest BCUT2D eigenvalue weighted by molar-refractivity contribution is -0.122. The van der Waals surface area contributed by atoms with Crippen LogP contribution in [-0.2, 0) is 4.79 Å². The molecule has 2 N–H and O–H groups in total. The Kier molecular flexibility index (Phi) is 5.87. The molecule has 1 saturated heterocycles. The molecule has 2 rings (SSSR count). The third kappa shape index (κ3) is 5.21. The molecule has 20 heavy (non-hydrogen) atoms. The number of piperidine rings is 1. The molecule has 1 aromatic carbocycles. The Morgan fingerprint density at radius 3 is 3.15 bits per heavy atom. The summed E-state index contributed by atoms with van der Waals surface area (Å²) in [6.45, 7) is 5.16. The summed E-state index contributed by atoms with van der Waals surface area (Å²) in [5.41, 5.74) is 1.18. The van der Waals surface area contributed by atoms with Crippen LogP contribution in [-0.4, -0.2) is 32.1 Å². The quantitative estimate of drug-likeness (QED) is 0.780. The zero-order chi connectivity index (χ0) is 14.2. The van der Waals surface area contributed by atoms with E-state index in [0.29, 0.717) is 25.5 Å². The van der Waals surface area contributed by atoms with E-state index in [-0.39, 0.29) is 5.91 Å². The van der Waals surface area contributed by atoms with Crippen molar-refractivity contribution in [3.63, 3.8) is 0 Å². The Hall–Kier alpha value is -1.55. The Labute approximate surface area is 120 Å². The van der Waals surface area contributed by atoms with Crippen molar-refractivity contribution in [2.75, 3.05) is 26.2 Å². The van der Waals surface area contributed by atoms with Crippen LogP contribution in [0.2, 0.25) is 0 Å². The van der Waals surface area contributed by atoms with E-state index >= 15 is 0 Å². The summed E-state index contributed by atoms with van der Waals surface area (Å²) < 4.78 is 5.60. The van der Waals surface area contributed by atoms with Gasteiger partial charge in [-0.2, -0.15) is 0 Å². The van der Waals surface area contributed by atoms with Crippen LogP contribution in [0.3, 0.4) is 0 Å². The summed E-state index contributed by atoms with van der Waals surface area (Å²) in [5, 5.41) is 6.25. The number of aryl methyl sites for hydroxylation is 1. The number of hydrogen-bond acceptors (Lipinski definition) is 3. The van der Waals surface area contributed by atoms with Crippen molar-refractivity contribution in [3.8, 4) is 5.75 Å². The molecule has 1 aromatic rings. The maximum absolute atomic E-state index is 11.8. The normalized spacial score (nSPS) is 18.6. The molecule has 1 fully saturated rings. The van der Waals surface area contributed by atoms with Crippen molar-refractivity contribution >= 4 is 5.91 Å². The van der Waals surface area contributed by atoms with E-state index < -0.39 is 0 Å². The second-order valence-corrected chi connectivity index (χ2v) is 5.43. The molecule has 4 heteroatoms. The van der Waals surface area contributed by atoms with Gasteiger partial charge >= 0.3 is 0 Å². The monoisotopic (exact) mass is 276 g/mol. The molecule has 1 aliphatic heterocycles. The van der Waals surface area contributed by atoms with Crippen LogP contribution in [0, 0.1) is 12.8 Å². The molecule has 0 spiro atoms. The summed E-state index contributed by atoms with van der Waals surface area (Å²) in [6.07, 6.45) is 2.95. The van der Waals surface area contributed by atoms with Gasteiger partial charge in [0.2, 0.25) is 5.91 Å². The largest absolute Gasteiger partial charge is 0.492 e. The summed E-state index contributed by atoms with van der Waals surface area (Å²) in [5.74, 6) is 1.48. The van der Waals surface area contributed by atoms with E-state index in [2.05, 4.69) is 10.6 Å². The first-order valence-electron chi connectivity index (χ1n) is 7.41. The van der Waals surface area contributed by atoms with E-state index in [1.165, 1.54) is 12.0 Å². The summed E-state index contributed by atoms with van der Waals surface area (Å²) in [7, 11) is 0. The van der Waals surface area contributed by atoms with Crippen LogP contribution in [0.4, 0.5) is 0 Å². The maximum Gasteiger partial charge on any atom is 0.220 e. The van der Waals surface area contributed by atoms with Gasteiger partial charge in [0.05, 0.1) is 6.54 Å². The molecule has 0 aromatic heterocycles. The Balaban J connectivity index is 1.59. The molecular weight excluding hydrogens is 252 g/mol. The van der Waals surface area contributed by atoms with Crippen LogP contribution in [0.25, 0.3) is 0 Å². The molecule has 110 valence electrons. The Morgan fingerprint density at radius 1 is 1.50 bits per heavy atom. The van der Waals surface area contributed by atoms with E-state index in [1.54, 1.807) is 0 Å². The highest BCUT2D eigenvalue weighted by Crippen LogP contribution is 2.14. The maximum atomic E-state index is 11.8. The van der Waals surface area contributed by atoms with Crippen LogP contribution in [0.15, 0.2) is 24.3 Å². The fourth-order valence-electron chi connectivity index (χ4n) is 2.50. The zero-order valence-corrected chi connectivity index (χ0v) is 12.2. The number of ether oxygens (including phenoxy) is 1. The van der Waals surface area contributed by atoms with Crippen molar-refractivity contribution in [2.24, 2.45) is 5.92 Å². The molecule has 1 amide bonds. The smallest absolute Gasteiger partial charge is 0.220 e. The van der Waals surface area contributed by atoms with Crippen LogP contribution in [0.1, 0.15) is 24.8 Å². The number of carbonyl (C=O) groups is 1. The number of amides is 1. The van der Waals surface area contributed by atoms with Crippen molar-refractivity contribution in [3.05, 3.63) is 29.8 Å².